The number of anilines is 1. The number of hydrogen-bond acceptors (Lipinski definition) is 6. The molecule has 3 aromatic carbocycles. The molecule has 0 saturated carbocycles. The van der Waals surface area contributed by atoms with E-state index in [1.807, 2.05) is 36.4 Å². The van der Waals surface area contributed by atoms with E-state index in [9.17, 15) is 18.0 Å². The van der Waals surface area contributed by atoms with Crippen LogP contribution in [0.2, 0.25) is 0 Å². The molecule has 0 saturated heterocycles. The largest absolute Gasteiger partial charge is 0.301 e. The van der Waals surface area contributed by atoms with E-state index < -0.39 is 21.5 Å². The minimum Gasteiger partial charge on any atom is -0.301 e. The number of carbonyl (C=O) groups excluding carboxylic acids is 2. The molecule has 0 unspecified atom stereocenters. The Bertz CT molecular complexity index is 1370. The molecule has 1 amide bonds. The first-order chi connectivity index (χ1) is 15.9. The van der Waals surface area contributed by atoms with E-state index in [-0.39, 0.29) is 16.7 Å². The number of sulfone groups is 1. The predicted molar refractivity (Wildman–Crippen MR) is 130 cm³/mol. The fourth-order valence-corrected chi connectivity index (χ4v) is 5.51. The van der Waals surface area contributed by atoms with Gasteiger partial charge < -0.3 is 5.32 Å². The lowest BCUT2D eigenvalue weighted by Crippen LogP contribution is -2.23. The van der Waals surface area contributed by atoms with Crippen LogP contribution in [0.5, 0.6) is 0 Å². The van der Waals surface area contributed by atoms with Gasteiger partial charge in [-0.15, -0.1) is 0 Å². The fourth-order valence-electron chi connectivity index (χ4n) is 3.27. The Kier molecular flexibility index (Phi) is 6.76. The molecule has 0 radical (unpaired) electrons. The molecule has 6 nitrogen and oxygen atoms in total. The number of rotatable bonds is 8. The summed E-state index contributed by atoms with van der Waals surface area (Å²) in [6, 6.07) is 26.7. The summed E-state index contributed by atoms with van der Waals surface area (Å²) in [4.78, 5) is 30.5. The maximum absolute atomic E-state index is 13.1. The standard InChI is InChI=1S/C25H20N2O4S2/c28-21(17-33(30,31)16-18-10-4-1-5-11-18)26-25-27-22(19-12-6-2-7-13-19)24(32-25)23(29)20-14-8-3-9-15-20/h1-15H,16-17H2,(H,26,27,28). The fraction of sp³-hybridized carbons (Fsp3) is 0.0800. The van der Waals surface area contributed by atoms with Crippen molar-refractivity contribution in [3.8, 4) is 11.3 Å². The van der Waals surface area contributed by atoms with Crippen LogP contribution in [0.1, 0.15) is 20.8 Å². The molecule has 0 fully saturated rings. The second kappa shape index (κ2) is 9.89. The Morgan fingerprint density at radius 3 is 2.03 bits per heavy atom. The van der Waals surface area contributed by atoms with E-state index in [2.05, 4.69) is 10.3 Å². The van der Waals surface area contributed by atoms with Gasteiger partial charge in [-0.3, -0.25) is 9.59 Å². The number of aromatic nitrogens is 1. The third kappa shape index (κ3) is 5.79. The van der Waals surface area contributed by atoms with Crippen molar-refractivity contribution >= 4 is 38.0 Å². The molecule has 8 heteroatoms. The van der Waals surface area contributed by atoms with Crippen LogP contribution < -0.4 is 5.32 Å². The summed E-state index contributed by atoms with van der Waals surface area (Å²) in [5, 5.41) is 2.73. The lowest BCUT2D eigenvalue weighted by molar-refractivity contribution is -0.113. The zero-order chi connectivity index (χ0) is 23.3. The van der Waals surface area contributed by atoms with E-state index in [1.54, 1.807) is 54.6 Å². The van der Waals surface area contributed by atoms with Gasteiger partial charge in [0, 0.05) is 11.1 Å². The number of amides is 1. The summed E-state index contributed by atoms with van der Waals surface area (Å²) in [7, 11) is -3.67. The van der Waals surface area contributed by atoms with Crippen molar-refractivity contribution in [2.45, 2.75) is 5.75 Å². The van der Waals surface area contributed by atoms with Gasteiger partial charge in [0.15, 0.2) is 15.0 Å². The first-order valence-corrected chi connectivity index (χ1v) is 12.8. The minimum atomic E-state index is -3.67. The molecule has 0 aliphatic carbocycles. The predicted octanol–water partition coefficient (Wildman–Crippen LogP) is 4.59. The zero-order valence-corrected chi connectivity index (χ0v) is 19.1. The molecule has 1 heterocycles. The Morgan fingerprint density at radius 2 is 1.39 bits per heavy atom. The highest BCUT2D eigenvalue weighted by Crippen LogP contribution is 2.33. The molecule has 0 aliphatic heterocycles. The van der Waals surface area contributed by atoms with E-state index >= 15 is 0 Å². The molecule has 0 aliphatic rings. The highest BCUT2D eigenvalue weighted by atomic mass is 32.2. The molecule has 0 bridgehead atoms. The monoisotopic (exact) mass is 476 g/mol. The number of benzene rings is 3. The normalized spacial score (nSPS) is 11.2. The molecular weight excluding hydrogens is 456 g/mol. The van der Waals surface area contributed by atoms with Gasteiger partial charge in [0.05, 0.1) is 11.4 Å². The Labute approximate surface area is 195 Å². The molecule has 33 heavy (non-hydrogen) atoms. The van der Waals surface area contributed by atoms with Crippen molar-refractivity contribution in [1.29, 1.82) is 0 Å². The van der Waals surface area contributed by atoms with Crippen molar-refractivity contribution in [3.05, 3.63) is 107 Å². The van der Waals surface area contributed by atoms with Crippen LogP contribution in [0.3, 0.4) is 0 Å². The van der Waals surface area contributed by atoms with Gasteiger partial charge in [0.2, 0.25) is 11.7 Å². The van der Waals surface area contributed by atoms with E-state index in [4.69, 9.17) is 0 Å². The summed E-state index contributed by atoms with van der Waals surface area (Å²) in [6.07, 6.45) is 0. The zero-order valence-electron chi connectivity index (χ0n) is 17.5. The summed E-state index contributed by atoms with van der Waals surface area (Å²) < 4.78 is 24.9. The number of carbonyl (C=O) groups is 2. The van der Waals surface area contributed by atoms with Crippen LogP contribution in [0.4, 0.5) is 5.13 Å². The van der Waals surface area contributed by atoms with E-state index in [0.717, 1.165) is 16.9 Å². The van der Waals surface area contributed by atoms with Crippen LogP contribution in [0, 0.1) is 0 Å². The Balaban J connectivity index is 1.57. The number of nitrogens with zero attached hydrogens (tertiary/aromatic N) is 1. The van der Waals surface area contributed by atoms with E-state index in [0.29, 0.717) is 21.7 Å². The highest BCUT2D eigenvalue weighted by molar-refractivity contribution is 7.91. The van der Waals surface area contributed by atoms with Gasteiger partial charge in [-0.2, -0.15) is 0 Å². The second-order valence-electron chi connectivity index (χ2n) is 7.32. The quantitative estimate of drug-likeness (QED) is 0.375. The van der Waals surface area contributed by atoms with Crippen LogP contribution in [0.25, 0.3) is 11.3 Å². The molecule has 4 rings (SSSR count). The lowest BCUT2D eigenvalue weighted by Gasteiger charge is -2.04. The van der Waals surface area contributed by atoms with Crippen LogP contribution in [-0.4, -0.2) is 30.8 Å². The van der Waals surface area contributed by atoms with Crippen molar-refractivity contribution in [3.63, 3.8) is 0 Å². The molecule has 1 N–H and O–H groups in total. The van der Waals surface area contributed by atoms with Gasteiger partial charge in [0.1, 0.15) is 10.6 Å². The number of hydrogen-bond donors (Lipinski definition) is 1. The van der Waals surface area contributed by atoms with Gasteiger partial charge >= 0.3 is 0 Å². The number of ketones is 1. The third-order valence-electron chi connectivity index (χ3n) is 4.74. The molecule has 0 atom stereocenters. The average molecular weight is 477 g/mol. The molecule has 1 aromatic heterocycles. The maximum atomic E-state index is 13.1. The Hall–Kier alpha value is -3.62. The third-order valence-corrected chi connectivity index (χ3v) is 7.19. The Morgan fingerprint density at radius 1 is 0.818 bits per heavy atom. The average Bonchev–Trinajstić information content (AvgIpc) is 3.23. The summed E-state index contributed by atoms with van der Waals surface area (Å²) in [6.45, 7) is 0. The van der Waals surface area contributed by atoms with Gasteiger partial charge in [-0.1, -0.05) is 102 Å². The lowest BCUT2D eigenvalue weighted by atomic mass is 10.1. The van der Waals surface area contributed by atoms with Crippen molar-refractivity contribution in [2.75, 3.05) is 11.1 Å². The van der Waals surface area contributed by atoms with Crippen LogP contribution >= 0.6 is 11.3 Å². The van der Waals surface area contributed by atoms with E-state index in [1.165, 1.54) is 0 Å². The smallest absolute Gasteiger partial charge is 0.241 e. The molecular formula is C25H20N2O4S2. The van der Waals surface area contributed by atoms with Gasteiger partial charge in [-0.05, 0) is 5.56 Å². The van der Waals surface area contributed by atoms with Crippen LogP contribution in [0.15, 0.2) is 91.0 Å². The first kappa shape index (κ1) is 22.6. The first-order valence-electron chi connectivity index (χ1n) is 10.1. The summed E-state index contributed by atoms with van der Waals surface area (Å²) in [5.41, 5.74) is 2.28. The second-order valence-corrected chi connectivity index (χ2v) is 10.4. The number of thiazole rings is 1. The number of nitrogens with one attached hydrogen (secondary N) is 1. The van der Waals surface area contributed by atoms with Crippen molar-refractivity contribution in [1.82, 2.24) is 4.98 Å². The molecule has 166 valence electrons. The minimum absolute atomic E-state index is 0.174. The molecule has 4 aromatic rings. The maximum Gasteiger partial charge on any atom is 0.241 e. The van der Waals surface area contributed by atoms with Crippen LogP contribution in [-0.2, 0) is 20.4 Å². The highest BCUT2D eigenvalue weighted by Gasteiger charge is 2.23. The van der Waals surface area contributed by atoms with Crippen molar-refractivity contribution < 1.29 is 18.0 Å². The summed E-state index contributed by atoms with van der Waals surface area (Å²) in [5.74, 6) is -1.82. The SMILES string of the molecule is O=C(CS(=O)(=O)Cc1ccccc1)Nc1nc(-c2ccccc2)c(C(=O)c2ccccc2)s1. The summed E-state index contributed by atoms with van der Waals surface area (Å²) >= 11 is 1.03. The van der Waals surface area contributed by atoms with Gasteiger partial charge in [0.25, 0.3) is 0 Å². The molecule has 0 spiro atoms. The van der Waals surface area contributed by atoms with Gasteiger partial charge in [-0.25, -0.2) is 13.4 Å². The topological polar surface area (TPSA) is 93.2 Å². The van der Waals surface area contributed by atoms with Crippen molar-refractivity contribution in [2.24, 2.45) is 0 Å².